The third-order valence-electron chi connectivity index (χ3n) is 2.64. The zero-order chi connectivity index (χ0) is 15.4. The largest absolute Gasteiger partial charge is 0.368 e. The van der Waals surface area contributed by atoms with Crippen molar-refractivity contribution in [3.05, 3.63) is 36.2 Å². The van der Waals surface area contributed by atoms with Crippen LogP contribution in [-0.2, 0) is 12.8 Å². The molecule has 9 nitrogen and oxygen atoms in total. The molecule has 0 aliphatic carbocycles. The van der Waals surface area contributed by atoms with Gasteiger partial charge in [0.25, 0.3) is 0 Å². The predicted molar refractivity (Wildman–Crippen MR) is 82.3 cm³/mol. The van der Waals surface area contributed by atoms with Gasteiger partial charge in [-0.15, -0.1) is 5.10 Å². The summed E-state index contributed by atoms with van der Waals surface area (Å²) in [6.07, 6.45) is 0. The molecule has 3 aromatic rings. The molecule has 0 spiro atoms. The molecule has 22 heavy (non-hydrogen) atoms. The van der Waals surface area contributed by atoms with Crippen molar-refractivity contribution in [2.45, 2.75) is 10.9 Å². The molecule has 3 N–H and O–H groups in total. The molecule has 2 heterocycles. The molecule has 3 rings (SSSR count). The van der Waals surface area contributed by atoms with Crippen LogP contribution in [0.3, 0.4) is 0 Å². The minimum Gasteiger partial charge on any atom is -0.368 e. The van der Waals surface area contributed by atoms with E-state index < -0.39 is 0 Å². The van der Waals surface area contributed by atoms with Crippen molar-refractivity contribution < 1.29 is 0 Å². The highest BCUT2D eigenvalue weighted by Gasteiger charge is 2.08. The summed E-state index contributed by atoms with van der Waals surface area (Å²) in [7, 11) is 1.77. The fraction of sp³-hybridized carbons (Fsp3) is 0.167. The molecule has 1 aromatic carbocycles. The van der Waals surface area contributed by atoms with Crippen LogP contribution in [0.5, 0.6) is 0 Å². The van der Waals surface area contributed by atoms with Gasteiger partial charge < -0.3 is 11.1 Å². The summed E-state index contributed by atoms with van der Waals surface area (Å²) in [5.74, 6) is 1.62. The van der Waals surface area contributed by atoms with E-state index in [9.17, 15) is 0 Å². The van der Waals surface area contributed by atoms with Crippen molar-refractivity contribution in [1.82, 2.24) is 35.2 Å². The molecule has 0 amide bonds. The maximum absolute atomic E-state index is 5.73. The number of rotatable bonds is 5. The van der Waals surface area contributed by atoms with Crippen molar-refractivity contribution in [1.29, 1.82) is 0 Å². The van der Waals surface area contributed by atoms with Crippen LogP contribution in [0.25, 0.3) is 0 Å². The van der Waals surface area contributed by atoms with Gasteiger partial charge in [0.2, 0.25) is 17.1 Å². The standard InChI is InChI=1S/C12H13N9S/c1-21-12(18-19-20-21)22-7-9-15-10(13)17-11(16-9)14-8-5-3-2-4-6-8/h2-6H,7H2,1H3,(H3,13,14,15,16,17). The summed E-state index contributed by atoms with van der Waals surface area (Å²) >= 11 is 1.42. The Kier molecular flexibility index (Phi) is 4.10. The van der Waals surface area contributed by atoms with Gasteiger partial charge in [0.15, 0.2) is 0 Å². The van der Waals surface area contributed by atoms with Crippen LogP contribution in [0.2, 0.25) is 0 Å². The molecular weight excluding hydrogens is 302 g/mol. The van der Waals surface area contributed by atoms with Crippen LogP contribution in [0.4, 0.5) is 17.6 Å². The Hall–Kier alpha value is -2.75. The lowest BCUT2D eigenvalue weighted by molar-refractivity contribution is 0.664. The second-order valence-corrected chi connectivity index (χ2v) is 5.24. The van der Waals surface area contributed by atoms with Gasteiger partial charge in [-0.1, -0.05) is 30.0 Å². The van der Waals surface area contributed by atoms with E-state index in [0.717, 1.165) is 5.69 Å². The number of nitrogens with zero attached hydrogens (tertiary/aromatic N) is 7. The normalized spacial score (nSPS) is 10.6. The molecular formula is C12H13N9S. The highest BCUT2D eigenvalue weighted by atomic mass is 32.2. The Balaban J connectivity index is 1.73. The quantitative estimate of drug-likeness (QED) is 0.664. The summed E-state index contributed by atoms with van der Waals surface area (Å²) in [5.41, 5.74) is 6.61. The average molecular weight is 315 g/mol. The number of aromatic nitrogens is 7. The van der Waals surface area contributed by atoms with Crippen molar-refractivity contribution in [2.75, 3.05) is 11.1 Å². The van der Waals surface area contributed by atoms with Gasteiger partial charge in [-0.2, -0.15) is 15.0 Å². The Morgan fingerprint density at radius 1 is 1.18 bits per heavy atom. The lowest BCUT2D eigenvalue weighted by atomic mass is 10.3. The number of tetrazole rings is 1. The van der Waals surface area contributed by atoms with E-state index in [0.29, 0.717) is 22.7 Å². The summed E-state index contributed by atoms with van der Waals surface area (Å²) in [5, 5.41) is 15.0. The van der Waals surface area contributed by atoms with Gasteiger partial charge in [-0.25, -0.2) is 4.68 Å². The Morgan fingerprint density at radius 2 is 2.00 bits per heavy atom. The van der Waals surface area contributed by atoms with E-state index >= 15 is 0 Å². The maximum Gasteiger partial charge on any atom is 0.232 e. The molecule has 0 aliphatic heterocycles. The molecule has 0 saturated carbocycles. The second kappa shape index (κ2) is 6.35. The highest BCUT2D eigenvalue weighted by Crippen LogP contribution is 2.19. The number of nitrogens with two attached hydrogens (primary N) is 1. The second-order valence-electron chi connectivity index (χ2n) is 4.30. The average Bonchev–Trinajstić information content (AvgIpc) is 2.91. The van der Waals surface area contributed by atoms with Crippen molar-refractivity contribution >= 4 is 29.3 Å². The molecule has 0 fully saturated rings. The van der Waals surface area contributed by atoms with Gasteiger partial charge in [0.05, 0.1) is 5.75 Å². The SMILES string of the molecule is Cn1nnnc1SCc1nc(N)nc(Nc2ccccc2)n1. The number of para-hydroxylation sites is 1. The zero-order valence-electron chi connectivity index (χ0n) is 11.7. The van der Waals surface area contributed by atoms with Gasteiger partial charge in [-0.05, 0) is 22.6 Å². The number of hydrogen-bond acceptors (Lipinski definition) is 9. The van der Waals surface area contributed by atoms with E-state index in [1.165, 1.54) is 11.8 Å². The van der Waals surface area contributed by atoms with E-state index in [2.05, 4.69) is 35.8 Å². The van der Waals surface area contributed by atoms with Crippen LogP contribution in [-0.4, -0.2) is 35.2 Å². The molecule has 0 aliphatic rings. The van der Waals surface area contributed by atoms with Crippen LogP contribution in [0.1, 0.15) is 5.82 Å². The van der Waals surface area contributed by atoms with Gasteiger partial charge in [-0.3, -0.25) is 0 Å². The van der Waals surface area contributed by atoms with Crippen molar-refractivity contribution in [3.63, 3.8) is 0 Å². The number of nitrogen functional groups attached to an aromatic ring is 1. The van der Waals surface area contributed by atoms with Crippen LogP contribution in [0, 0.1) is 0 Å². The summed E-state index contributed by atoms with van der Waals surface area (Å²) in [4.78, 5) is 12.5. The van der Waals surface area contributed by atoms with Gasteiger partial charge in [0, 0.05) is 12.7 Å². The van der Waals surface area contributed by atoms with Gasteiger partial charge >= 0.3 is 0 Å². The van der Waals surface area contributed by atoms with Crippen molar-refractivity contribution in [3.8, 4) is 0 Å². The smallest absolute Gasteiger partial charge is 0.232 e. The third kappa shape index (κ3) is 3.47. The van der Waals surface area contributed by atoms with E-state index in [1.807, 2.05) is 30.3 Å². The summed E-state index contributed by atoms with van der Waals surface area (Å²) in [6.45, 7) is 0. The number of anilines is 3. The van der Waals surface area contributed by atoms with E-state index in [1.54, 1.807) is 11.7 Å². The monoisotopic (exact) mass is 315 g/mol. The minimum atomic E-state index is 0.167. The number of benzene rings is 1. The zero-order valence-corrected chi connectivity index (χ0v) is 12.5. The molecule has 0 bridgehead atoms. The molecule has 112 valence electrons. The van der Waals surface area contributed by atoms with Crippen LogP contribution < -0.4 is 11.1 Å². The summed E-state index contributed by atoms with van der Waals surface area (Å²) in [6, 6.07) is 9.61. The number of hydrogen-bond donors (Lipinski definition) is 2. The predicted octanol–water partition coefficient (Wildman–Crippen LogP) is 1.01. The fourth-order valence-corrected chi connectivity index (χ4v) is 2.39. The Morgan fingerprint density at radius 3 is 2.73 bits per heavy atom. The topological polar surface area (TPSA) is 120 Å². The highest BCUT2D eigenvalue weighted by molar-refractivity contribution is 7.98. The minimum absolute atomic E-state index is 0.167. The first kappa shape index (κ1) is 14.2. The number of aryl methyl sites for hydroxylation is 1. The van der Waals surface area contributed by atoms with E-state index in [4.69, 9.17) is 5.73 Å². The fourth-order valence-electron chi connectivity index (χ4n) is 1.68. The van der Waals surface area contributed by atoms with Crippen LogP contribution in [0.15, 0.2) is 35.5 Å². The van der Waals surface area contributed by atoms with Crippen LogP contribution >= 0.6 is 11.8 Å². The molecule has 0 radical (unpaired) electrons. The van der Waals surface area contributed by atoms with Crippen molar-refractivity contribution in [2.24, 2.45) is 7.05 Å². The Bertz CT molecular complexity index is 758. The lowest BCUT2D eigenvalue weighted by Gasteiger charge is -2.06. The maximum atomic E-state index is 5.73. The number of nitrogens with one attached hydrogen (secondary N) is 1. The molecule has 0 unspecified atom stereocenters. The lowest BCUT2D eigenvalue weighted by Crippen LogP contribution is -2.06. The molecule has 0 saturated heterocycles. The van der Waals surface area contributed by atoms with E-state index in [-0.39, 0.29) is 5.95 Å². The molecule has 10 heteroatoms. The Labute approximate surface area is 130 Å². The summed E-state index contributed by atoms with van der Waals surface area (Å²) < 4.78 is 1.58. The van der Waals surface area contributed by atoms with Gasteiger partial charge in [0.1, 0.15) is 5.82 Å². The molecule has 0 atom stereocenters. The first-order chi connectivity index (χ1) is 10.7. The third-order valence-corrected chi connectivity index (χ3v) is 3.65. The number of thioether (sulfide) groups is 1. The first-order valence-electron chi connectivity index (χ1n) is 6.38. The first-order valence-corrected chi connectivity index (χ1v) is 7.37. The molecule has 2 aromatic heterocycles.